The van der Waals surface area contributed by atoms with Crippen molar-refractivity contribution >= 4 is 50.1 Å². The Morgan fingerprint density at radius 1 is 1.52 bits per heavy atom. The number of phenols is 1. The van der Waals surface area contributed by atoms with Gasteiger partial charge in [-0.3, -0.25) is 10.1 Å². The molecule has 0 saturated heterocycles. The first-order valence-electron chi connectivity index (χ1n) is 7.94. The van der Waals surface area contributed by atoms with Gasteiger partial charge >= 0.3 is 5.97 Å². The number of rotatable bonds is 4. The lowest BCUT2D eigenvalue weighted by atomic mass is 10.0. The van der Waals surface area contributed by atoms with E-state index in [0.717, 1.165) is 23.4 Å². The van der Waals surface area contributed by atoms with Crippen LogP contribution in [0.3, 0.4) is 0 Å². The molecule has 2 heterocycles. The highest BCUT2D eigenvalue weighted by Gasteiger charge is 2.27. The van der Waals surface area contributed by atoms with Crippen molar-refractivity contribution in [2.75, 3.05) is 20.7 Å². The molecule has 10 heteroatoms. The molecular formula is C17H16BrN3O5S. The van der Waals surface area contributed by atoms with Crippen molar-refractivity contribution < 1.29 is 19.6 Å². The van der Waals surface area contributed by atoms with Gasteiger partial charge in [-0.2, -0.15) is 0 Å². The van der Waals surface area contributed by atoms with Gasteiger partial charge in [0.15, 0.2) is 0 Å². The summed E-state index contributed by atoms with van der Waals surface area (Å²) in [5, 5.41) is 21.6. The fourth-order valence-corrected chi connectivity index (χ4v) is 4.58. The molecule has 27 heavy (non-hydrogen) atoms. The van der Waals surface area contributed by atoms with Crippen LogP contribution in [0.5, 0.6) is 5.75 Å². The molecule has 8 nitrogen and oxygen atoms in total. The summed E-state index contributed by atoms with van der Waals surface area (Å²) in [7, 11) is 3.32. The second-order valence-corrected chi connectivity index (χ2v) is 7.98. The van der Waals surface area contributed by atoms with Gasteiger partial charge in [0, 0.05) is 41.9 Å². The maximum atomic E-state index is 12.3. The van der Waals surface area contributed by atoms with Crippen LogP contribution in [-0.2, 0) is 17.7 Å². The number of phenolic OH excluding ortho intramolecular Hbond substituents is 1. The van der Waals surface area contributed by atoms with Crippen LogP contribution in [0.25, 0.3) is 0 Å². The van der Waals surface area contributed by atoms with Gasteiger partial charge in [0.2, 0.25) is 0 Å². The van der Waals surface area contributed by atoms with Crippen molar-refractivity contribution in [1.29, 1.82) is 0 Å². The molecule has 1 aliphatic heterocycles. The summed E-state index contributed by atoms with van der Waals surface area (Å²) < 4.78 is 5.10. The molecule has 1 aromatic heterocycles. The Labute approximate surface area is 167 Å². The predicted molar refractivity (Wildman–Crippen MR) is 105 cm³/mol. The third-order valence-corrected chi connectivity index (χ3v) is 5.96. The molecule has 0 fully saturated rings. The molecule has 0 aliphatic carbocycles. The third-order valence-electron chi connectivity index (χ3n) is 4.23. The number of nitro groups is 1. The quantitative estimate of drug-likeness (QED) is 0.327. The lowest BCUT2D eigenvalue weighted by Gasteiger charge is -2.22. The van der Waals surface area contributed by atoms with E-state index < -0.39 is 10.9 Å². The van der Waals surface area contributed by atoms with Gasteiger partial charge in [0.25, 0.3) is 5.69 Å². The molecule has 0 unspecified atom stereocenters. The largest absolute Gasteiger partial charge is 0.506 e. The molecule has 2 aromatic rings. The molecule has 1 N–H and O–H groups in total. The van der Waals surface area contributed by atoms with E-state index in [9.17, 15) is 20.0 Å². The number of carbonyl (C=O) groups is 1. The first-order chi connectivity index (χ1) is 12.8. The standard InChI is InChI=1S/C17H16BrN3O5S/c1-20-4-3-11-13(8-20)27-16(14(11)17(23)26-2)19-7-9-5-10(21(24)25)6-12(18)15(9)22/h5-7,22H,3-4,8H2,1-2H3. The van der Waals surface area contributed by atoms with E-state index >= 15 is 0 Å². The number of benzene rings is 1. The number of halogens is 1. The van der Waals surface area contributed by atoms with Gasteiger partial charge in [0.05, 0.1) is 22.1 Å². The minimum atomic E-state index is -0.554. The molecule has 0 saturated carbocycles. The fraction of sp³-hybridized carbons (Fsp3) is 0.294. The maximum absolute atomic E-state index is 12.3. The number of hydrogen-bond acceptors (Lipinski definition) is 8. The molecule has 3 rings (SSSR count). The zero-order valence-electron chi connectivity index (χ0n) is 14.6. The Balaban J connectivity index is 2.06. The number of ether oxygens (including phenoxy) is 1. The number of nitro benzene ring substituents is 1. The molecule has 0 amide bonds. The van der Waals surface area contributed by atoms with Crippen molar-refractivity contribution in [3.63, 3.8) is 0 Å². The Morgan fingerprint density at radius 3 is 2.93 bits per heavy atom. The topological polar surface area (TPSA) is 105 Å². The van der Waals surface area contributed by atoms with E-state index in [1.165, 1.54) is 36.8 Å². The summed E-state index contributed by atoms with van der Waals surface area (Å²) >= 11 is 4.48. The molecule has 0 spiro atoms. The van der Waals surface area contributed by atoms with Gasteiger partial charge in [-0.25, -0.2) is 9.79 Å². The minimum absolute atomic E-state index is 0.162. The predicted octanol–water partition coefficient (Wildman–Crippen LogP) is 3.65. The number of aliphatic imine (C=N–C) groups is 1. The normalized spacial score (nSPS) is 14.3. The summed E-state index contributed by atoms with van der Waals surface area (Å²) in [5.41, 5.74) is 1.35. The summed E-state index contributed by atoms with van der Waals surface area (Å²) in [5.74, 6) is -0.626. The van der Waals surface area contributed by atoms with Gasteiger partial charge in [-0.15, -0.1) is 11.3 Å². The maximum Gasteiger partial charge on any atom is 0.341 e. The van der Waals surface area contributed by atoms with Gasteiger partial charge in [-0.05, 0) is 35.0 Å². The van der Waals surface area contributed by atoms with Gasteiger partial charge in [0.1, 0.15) is 10.8 Å². The number of esters is 1. The number of fused-ring (bicyclic) bond motifs is 1. The number of non-ortho nitro benzene ring substituents is 1. The Hall–Kier alpha value is -2.30. The van der Waals surface area contributed by atoms with Crippen molar-refractivity contribution in [3.8, 4) is 5.75 Å². The monoisotopic (exact) mass is 453 g/mol. The van der Waals surface area contributed by atoms with E-state index in [-0.39, 0.29) is 21.5 Å². The second-order valence-electron chi connectivity index (χ2n) is 6.04. The van der Waals surface area contributed by atoms with Crippen LogP contribution in [0.1, 0.15) is 26.4 Å². The summed E-state index contributed by atoms with van der Waals surface area (Å²) in [4.78, 5) is 30.3. The average Bonchev–Trinajstić information content (AvgIpc) is 2.99. The molecule has 142 valence electrons. The van der Waals surface area contributed by atoms with Crippen LogP contribution in [0.2, 0.25) is 0 Å². The minimum Gasteiger partial charge on any atom is -0.506 e. The highest BCUT2D eigenvalue weighted by molar-refractivity contribution is 9.10. The van der Waals surface area contributed by atoms with Crippen LogP contribution in [0.4, 0.5) is 10.7 Å². The number of methoxy groups -OCH3 is 1. The smallest absolute Gasteiger partial charge is 0.341 e. The van der Waals surface area contributed by atoms with Crippen LogP contribution in [-0.4, -0.2) is 47.8 Å². The Morgan fingerprint density at radius 2 is 2.26 bits per heavy atom. The van der Waals surface area contributed by atoms with E-state index in [0.29, 0.717) is 17.1 Å². The molecule has 0 bridgehead atoms. The highest BCUT2D eigenvalue weighted by Crippen LogP contribution is 2.39. The van der Waals surface area contributed by atoms with Crippen LogP contribution in [0.15, 0.2) is 21.6 Å². The van der Waals surface area contributed by atoms with Gasteiger partial charge < -0.3 is 14.7 Å². The van der Waals surface area contributed by atoms with Crippen molar-refractivity contribution in [1.82, 2.24) is 4.90 Å². The number of thiophene rings is 1. The van der Waals surface area contributed by atoms with E-state index in [4.69, 9.17) is 4.74 Å². The Bertz CT molecular complexity index is 957. The second kappa shape index (κ2) is 7.75. The van der Waals surface area contributed by atoms with Crippen molar-refractivity contribution in [2.45, 2.75) is 13.0 Å². The Kier molecular flexibility index (Phi) is 5.59. The molecule has 1 aliphatic rings. The fourth-order valence-electron chi connectivity index (χ4n) is 2.86. The third kappa shape index (κ3) is 3.87. The van der Waals surface area contributed by atoms with E-state index in [2.05, 4.69) is 25.8 Å². The average molecular weight is 454 g/mol. The first kappa shape index (κ1) is 19.5. The lowest BCUT2D eigenvalue weighted by molar-refractivity contribution is -0.385. The molecule has 1 aromatic carbocycles. The molecule has 0 atom stereocenters. The SMILES string of the molecule is COC(=O)c1c(N=Cc2cc([N+](=O)[O-])cc(Br)c2O)sc2c1CCN(C)C2. The summed E-state index contributed by atoms with van der Waals surface area (Å²) in [6, 6.07) is 2.44. The van der Waals surface area contributed by atoms with Crippen LogP contribution in [0, 0.1) is 10.1 Å². The zero-order valence-corrected chi connectivity index (χ0v) is 17.0. The van der Waals surface area contributed by atoms with Crippen LogP contribution >= 0.6 is 27.3 Å². The van der Waals surface area contributed by atoms with Crippen molar-refractivity contribution in [3.05, 3.63) is 48.3 Å². The van der Waals surface area contributed by atoms with Crippen molar-refractivity contribution in [2.24, 2.45) is 4.99 Å². The van der Waals surface area contributed by atoms with E-state index in [1.807, 2.05) is 7.05 Å². The number of aromatic hydroxyl groups is 1. The van der Waals surface area contributed by atoms with Crippen LogP contribution < -0.4 is 0 Å². The molecule has 0 radical (unpaired) electrons. The zero-order chi connectivity index (χ0) is 19.7. The number of hydrogen-bond donors (Lipinski definition) is 1. The highest BCUT2D eigenvalue weighted by atomic mass is 79.9. The van der Waals surface area contributed by atoms with Gasteiger partial charge in [-0.1, -0.05) is 0 Å². The number of likely N-dealkylation sites (N-methyl/N-ethyl adjacent to an activating group) is 1. The number of nitrogens with zero attached hydrogens (tertiary/aromatic N) is 3. The summed E-state index contributed by atoms with van der Waals surface area (Å²) in [6.07, 6.45) is 2.04. The van der Waals surface area contributed by atoms with E-state index in [1.54, 1.807) is 0 Å². The molecular weight excluding hydrogens is 438 g/mol. The first-order valence-corrected chi connectivity index (χ1v) is 9.55. The number of carbonyl (C=O) groups excluding carboxylic acids is 1. The summed E-state index contributed by atoms with van der Waals surface area (Å²) in [6.45, 7) is 1.54. The lowest BCUT2D eigenvalue weighted by Crippen LogP contribution is -2.26.